The molecule has 0 bridgehead atoms. The van der Waals surface area contributed by atoms with Gasteiger partial charge >= 0.3 is 0 Å². The van der Waals surface area contributed by atoms with E-state index in [1.165, 1.54) is 23.8 Å². The minimum atomic E-state index is -0.150. The van der Waals surface area contributed by atoms with Crippen molar-refractivity contribution in [2.75, 3.05) is 19.6 Å². The van der Waals surface area contributed by atoms with Crippen molar-refractivity contribution in [3.8, 4) is 0 Å². The Morgan fingerprint density at radius 3 is 2.70 bits per heavy atom. The van der Waals surface area contributed by atoms with Crippen LogP contribution in [0.15, 0.2) is 48.7 Å². The van der Waals surface area contributed by atoms with E-state index < -0.39 is 0 Å². The van der Waals surface area contributed by atoms with Crippen LogP contribution in [0.5, 0.6) is 0 Å². The Bertz CT molecular complexity index is 888. The summed E-state index contributed by atoms with van der Waals surface area (Å²) in [5, 5.41) is 14.7. The summed E-state index contributed by atoms with van der Waals surface area (Å²) in [7, 11) is 0. The second-order valence-electron chi connectivity index (χ2n) is 7.00. The summed E-state index contributed by atoms with van der Waals surface area (Å²) in [4.78, 5) is 15.5. The van der Waals surface area contributed by atoms with E-state index in [4.69, 9.17) is 0 Å². The fraction of sp³-hybridized carbons (Fsp3) is 0.400. The molecule has 3 heterocycles. The van der Waals surface area contributed by atoms with Crippen molar-refractivity contribution in [1.29, 1.82) is 0 Å². The van der Waals surface area contributed by atoms with Crippen LogP contribution >= 0.6 is 0 Å². The number of piperidine rings is 1. The molecule has 1 saturated heterocycles. The van der Waals surface area contributed by atoms with Crippen molar-refractivity contribution in [1.82, 2.24) is 30.3 Å². The average molecular weight is 364 g/mol. The fourth-order valence-electron chi connectivity index (χ4n) is 3.68. The molecule has 1 amide bonds. The number of carbonyl (C=O) groups is 1. The highest BCUT2D eigenvalue weighted by atomic mass is 16.1. The van der Waals surface area contributed by atoms with Gasteiger partial charge in [0.1, 0.15) is 0 Å². The lowest BCUT2D eigenvalue weighted by molar-refractivity contribution is 0.0931. The summed E-state index contributed by atoms with van der Waals surface area (Å²) in [5.41, 5.74) is 2.08. The standard InChI is InChI=1S/C20H24N6O/c27-20(17-10-7-14-26-19(17)22-23-24-26)21-18(16-8-3-1-4-9-16)11-15-25-12-5-2-6-13-25/h1,3-4,7-10,14,18H,2,5-6,11-13,15H2,(H,21,27)/t18-/m0/s1. The second kappa shape index (κ2) is 8.26. The SMILES string of the molecule is O=C(N[C@@H](CCN1CCCCC1)c1ccccc1)c1cccn2nnnc12. The van der Waals surface area contributed by atoms with Gasteiger partial charge in [-0.2, -0.15) is 4.52 Å². The Hall–Kier alpha value is -2.80. The van der Waals surface area contributed by atoms with Crippen LogP contribution in [0.3, 0.4) is 0 Å². The second-order valence-corrected chi connectivity index (χ2v) is 7.00. The zero-order chi connectivity index (χ0) is 18.5. The molecule has 140 valence electrons. The number of likely N-dealkylation sites (tertiary alicyclic amines) is 1. The summed E-state index contributed by atoms with van der Waals surface area (Å²) >= 11 is 0. The monoisotopic (exact) mass is 364 g/mol. The summed E-state index contributed by atoms with van der Waals surface area (Å²) < 4.78 is 1.51. The maximum atomic E-state index is 13.0. The Labute approximate surface area is 158 Å². The Balaban J connectivity index is 1.51. The lowest BCUT2D eigenvalue weighted by Crippen LogP contribution is -2.35. The molecule has 7 heteroatoms. The van der Waals surface area contributed by atoms with E-state index >= 15 is 0 Å². The number of benzene rings is 1. The topological polar surface area (TPSA) is 75.4 Å². The van der Waals surface area contributed by atoms with Crippen molar-refractivity contribution in [2.24, 2.45) is 0 Å². The highest BCUT2D eigenvalue weighted by Gasteiger charge is 2.20. The number of hydrogen-bond donors (Lipinski definition) is 1. The summed E-state index contributed by atoms with van der Waals surface area (Å²) in [5.74, 6) is -0.150. The third-order valence-electron chi connectivity index (χ3n) is 5.16. The van der Waals surface area contributed by atoms with Gasteiger partial charge in [-0.1, -0.05) is 36.8 Å². The number of amides is 1. The van der Waals surface area contributed by atoms with Gasteiger partial charge in [-0.15, -0.1) is 5.10 Å². The number of tetrazole rings is 1. The van der Waals surface area contributed by atoms with Crippen LogP contribution in [0.1, 0.15) is 47.6 Å². The molecule has 0 unspecified atom stereocenters. The highest BCUT2D eigenvalue weighted by Crippen LogP contribution is 2.20. The fourth-order valence-corrected chi connectivity index (χ4v) is 3.68. The zero-order valence-electron chi connectivity index (χ0n) is 15.3. The summed E-state index contributed by atoms with van der Waals surface area (Å²) in [6, 6.07) is 13.7. The maximum Gasteiger partial charge on any atom is 0.255 e. The molecule has 1 aliphatic rings. The zero-order valence-corrected chi connectivity index (χ0v) is 15.3. The van der Waals surface area contributed by atoms with Crippen molar-refractivity contribution >= 4 is 11.6 Å². The quantitative estimate of drug-likeness (QED) is 0.727. The highest BCUT2D eigenvalue weighted by molar-refractivity contribution is 5.99. The summed E-state index contributed by atoms with van der Waals surface area (Å²) in [6.07, 6.45) is 6.47. The van der Waals surface area contributed by atoms with E-state index in [0.29, 0.717) is 11.2 Å². The van der Waals surface area contributed by atoms with Gasteiger partial charge in [0.2, 0.25) is 0 Å². The van der Waals surface area contributed by atoms with E-state index in [9.17, 15) is 4.79 Å². The number of aromatic nitrogens is 4. The molecule has 4 rings (SSSR count). The van der Waals surface area contributed by atoms with Gasteiger partial charge in [-0.25, -0.2) is 0 Å². The number of fused-ring (bicyclic) bond motifs is 1. The van der Waals surface area contributed by atoms with Crippen molar-refractivity contribution in [3.05, 3.63) is 59.8 Å². The van der Waals surface area contributed by atoms with Gasteiger partial charge in [-0.3, -0.25) is 4.79 Å². The minimum absolute atomic E-state index is 0.0447. The third-order valence-corrected chi connectivity index (χ3v) is 5.16. The molecular weight excluding hydrogens is 340 g/mol. The normalized spacial score (nSPS) is 16.3. The molecule has 1 aromatic carbocycles. The number of nitrogens with one attached hydrogen (secondary N) is 1. The van der Waals surface area contributed by atoms with E-state index in [-0.39, 0.29) is 11.9 Å². The average Bonchev–Trinajstić information content (AvgIpc) is 3.21. The largest absolute Gasteiger partial charge is 0.345 e. The molecule has 7 nitrogen and oxygen atoms in total. The third kappa shape index (κ3) is 4.14. The number of carbonyl (C=O) groups excluding carboxylic acids is 1. The van der Waals surface area contributed by atoms with Gasteiger partial charge in [0.05, 0.1) is 11.6 Å². The lowest BCUT2D eigenvalue weighted by atomic mass is 10.0. The predicted octanol–water partition coefficient (Wildman–Crippen LogP) is 2.47. The molecule has 1 fully saturated rings. The first-order valence-corrected chi connectivity index (χ1v) is 9.56. The van der Waals surface area contributed by atoms with Crippen molar-refractivity contribution in [2.45, 2.75) is 31.7 Å². The number of rotatable bonds is 6. The van der Waals surface area contributed by atoms with Crippen LogP contribution in [-0.2, 0) is 0 Å². The number of nitrogens with zero attached hydrogens (tertiary/aromatic N) is 5. The van der Waals surface area contributed by atoms with Crippen LogP contribution in [0, 0.1) is 0 Å². The van der Waals surface area contributed by atoms with Gasteiger partial charge in [0.15, 0.2) is 5.65 Å². The first kappa shape index (κ1) is 17.6. The van der Waals surface area contributed by atoms with Gasteiger partial charge in [-0.05, 0) is 60.5 Å². The molecule has 0 spiro atoms. The molecule has 1 atom stereocenters. The molecule has 0 radical (unpaired) electrons. The molecule has 2 aromatic heterocycles. The molecule has 1 aliphatic heterocycles. The predicted molar refractivity (Wildman–Crippen MR) is 102 cm³/mol. The molecule has 27 heavy (non-hydrogen) atoms. The molecule has 0 saturated carbocycles. The van der Waals surface area contributed by atoms with Crippen LogP contribution in [0.25, 0.3) is 5.65 Å². The van der Waals surface area contributed by atoms with E-state index in [0.717, 1.165) is 31.6 Å². The number of pyridine rings is 1. The lowest BCUT2D eigenvalue weighted by Gasteiger charge is -2.28. The molecular formula is C20H24N6O. The maximum absolute atomic E-state index is 13.0. The smallest absolute Gasteiger partial charge is 0.255 e. The van der Waals surface area contributed by atoms with Gasteiger partial charge in [0, 0.05) is 12.7 Å². The van der Waals surface area contributed by atoms with Gasteiger partial charge in [0.25, 0.3) is 5.91 Å². The Morgan fingerprint density at radius 1 is 1.07 bits per heavy atom. The van der Waals surface area contributed by atoms with E-state index in [2.05, 4.69) is 37.9 Å². The molecule has 1 N–H and O–H groups in total. The van der Waals surface area contributed by atoms with Crippen LogP contribution in [0.2, 0.25) is 0 Å². The molecule has 0 aliphatic carbocycles. The van der Waals surface area contributed by atoms with Crippen LogP contribution in [0.4, 0.5) is 0 Å². The first-order chi connectivity index (χ1) is 13.3. The number of hydrogen-bond acceptors (Lipinski definition) is 5. The van der Waals surface area contributed by atoms with Crippen LogP contribution < -0.4 is 5.32 Å². The van der Waals surface area contributed by atoms with E-state index in [1.54, 1.807) is 18.3 Å². The molecule has 3 aromatic rings. The Kier molecular flexibility index (Phi) is 5.39. The minimum Gasteiger partial charge on any atom is -0.345 e. The first-order valence-electron chi connectivity index (χ1n) is 9.56. The van der Waals surface area contributed by atoms with Gasteiger partial charge < -0.3 is 10.2 Å². The van der Waals surface area contributed by atoms with E-state index in [1.807, 2.05) is 18.2 Å². The Morgan fingerprint density at radius 2 is 1.89 bits per heavy atom. The summed E-state index contributed by atoms with van der Waals surface area (Å²) in [6.45, 7) is 3.29. The van der Waals surface area contributed by atoms with Crippen molar-refractivity contribution in [3.63, 3.8) is 0 Å². The van der Waals surface area contributed by atoms with Crippen LogP contribution in [-0.4, -0.2) is 50.5 Å². The van der Waals surface area contributed by atoms with Crippen molar-refractivity contribution < 1.29 is 4.79 Å².